The van der Waals surface area contributed by atoms with Crippen LogP contribution in [0.3, 0.4) is 0 Å². The van der Waals surface area contributed by atoms with Gasteiger partial charge in [0, 0.05) is 17.9 Å². The van der Waals surface area contributed by atoms with Gasteiger partial charge in [0.2, 0.25) is 0 Å². The number of likely N-dealkylation sites (tertiary alicyclic amines) is 1. The van der Waals surface area contributed by atoms with Crippen LogP contribution in [0.15, 0.2) is 18.2 Å². The molecule has 0 saturated carbocycles. The van der Waals surface area contributed by atoms with Gasteiger partial charge in [0.25, 0.3) is 5.91 Å². The van der Waals surface area contributed by atoms with Crippen molar-refractivity contribution in [2.24, 2.45) is 5.92 Å². The smallest absolute Gasteiger partial charge is 0.256 e. The lowest BCUT2D eigenvalue weighted by molar-refractivity contribution is 0.0686. The minimum Gasteiger partial charge on any atom is -0.339 e. The predicted molar refractivity (Wildman–Crippen MR) is 73.4 cm³/mol. The molecule has 1 aromatic carbocycles. The highest BCUT2D eigenvalue weighted by Crippen LogP contribution is 2.26. The van der Waals surface area contributed by atoms with Crippen molar-refractivity contribution in [1.29, 1.82) is 0 Å². The van der Waals surface area contributed by atoms with Crippen molar-refractivity contribution in [3.05, 3.63) is 35.4 Å². The fraction of sp³-hybridized carbons (Fsp3) is 0.500. The highest BCUT2D eigenvalue weighted by Gasteiger charge is 2.27. The zero-order valence-electron chi connectivity index (χ0n) is 10.7. The van der Waals surface area contributed by atoms with Crippen molar-refractivity contribution in [3.8, 4) is 0 Å². The van der Waals surface area contributed by atoms with Crippen molar-refractivity contribution in [3.63, 3.8) is 0 Å². The molecule has 2 nitrogen and oxygen atoms in total. The predicted octanol–water partition coefficient (Wildman–Crippen LogP) is 3.60. The molecule has 1 aliphatic rings. The molecule has 1 aliphatic heterocycles. The summed E-state index contributed by atoms with van der Waals surface area (Å²) in [7, 11) is 0. The lowest BCUT2D eigenvalue weighted by atomic mass is 9.94. The molecule has 0 spiro atoms. The number of hydrogen-bond donors (Lipinski definition) is 0. The summed E-state index contributed by atoms with van der Waals surface area (Å²) in [5.41, 5.74) is -0.176. The van der Waals surface area contributed by atoms with Crippen LogP contribution in [0.4, 0.5) is 8.78 Å². The van der Waals surface area contributed by atoms with E-state index in [0.717, 1.165) is 31.0 Å². The van der Waals surface area contributed by atoms with Crippen molar-refractivity contribution in [2.75, 3.05) is 13.1 Å². The van der Waals surface area contributed by atoms with Crippen molar-refractivity contribution >= 4 is 21.8 Å². The topological polar surface area (TPSA) is 20.3 Å². The van der Waals surface area contributed by atoms with Crippen LogP contribution in [0.25, 0.3) is 0 Å². The number of benzene rings is 1. The largest absolute Gasteiger partial charge is 0.339 e. The van der Waals surface area contributed by atoms with Crippen LogP contribution < -0.4 is 0 Å². The molecule has 0 N–H and O–H groups in total. The third-order valence-corrected chi connectivity index (χ3v) is 4.38. The van der Waals surface area contributed by atoms with Gasteiger partial charge in [0.1, 0.15) is 11.6 Å². The third kappa shape index (κ3) is 3.32. The Labute approximate surface area is 119 Å². The van der Waals surface area contributed by atoms with Gasteiger partial charge in [0.15, 0.2) is 0 Å². The fourth-order valence-electron chi connectivity index (χ4n) is 2.39. The molecule has 1 unspecified atom stereocenters. The molecule has 0 aromatic heterocycles. The number of alkyl halides is 1. The highest BCUT2D eigenvalue weighted by atomic mass is 79.9. The second-order valence-electron chi connectivity index (χ2n) is 4.93. The molecule has 19 heavy (non-hydrogen) atoms. The molecular weight excluding hydrogens is 316 g/mol. The van der Waals surface area contributed by atoms with Crippen molar-refractivity contribution in [2.45, 2.75) is 24.6 Å². The molecular formula is C14H16BrF2NO. The second kappa shape index (κ2) is 5.99. The Balaban J connectivity index is 2.07. The van der Waals surface area contributed by atoms with Gasteiger partial charge >= 0.3 is 0 Å². The maximum absolute atomic E-state index is 13.6. The van der Waals surface area contributed by atoms with Gasteiger partial charge in [-0.1, -0.05) is 22.9 Å². The number of carbonyl (C=O) groups excluding carboxylic acids is 1. The molecule has 1 aromatic rings. The Morgan fingerprint density at radius 1 is 1.37 bits per heavy atom. The van der Waals surface area contributed by atoms with Gasteiger partial charge < -0.3 is 4.90 Å². The number of amides is 1. The summed E-state index contributed by atoms with van der Waals surface area (Å²) in [6.45, 7) is 3.28. The van der Waals surface area contributed by atoms with E-state index in [1.165, 1.54) is 0 Å². The van der Waals surface area contributed by atoms with E-state index in [4.69, 9.17) is 0 Å². The van der Waals surface area contributed by atoms with E-state index in [9.17, 15) is 13.6 Å². The maximum Gasteiger partial charge on any atom is 0.256 e. The molecule has 0 bridgehead atoms. The minimum absolute atomic E-state index is 0.176. The minimum atomic E-state index is -0.664. The van der Waals surface area contributed by atoms with Gasteiger partial charge in [-0.3, -0.25) is 4.79 Å². The van der Waals surface area contributed by atoms with Crippen LogP contribution in [-0.2, 0) is 0 Å². The van der Waals surface area contributed by atoms with Crippen molar-refractivity contribution in [1.82, 2.24) is 4.90 Å². The average Bonchev–Trinajstić information content (AvgIpc) is 2.41. The monoisotopic (exact) mass is 331 g/mol. The maximum atomic E-state index is 13.6. The number of hydrogen-bond acceptors (Lipinski definition) is 1. The molecule has 1 amide bonds. The molecule has 0 aliphatic carbocycles. The number of nitrogens with zero attached hydrogens (tertiary/aromatic N) is 1. The van der Waals surface area contributed by atoms with Crippen LogP contribution in [-0.4, -0.2) is 28.7 Å². The standard InChI is InChI=1S/C14H16BrF2NO/c1-9(15)10-4-6-18(7-5-10)14(19)12-8-11(16)2-3-13(12)17/h2-3,8-10H,4-7H2,1H3. The van der Waals surface area contributed by atoms with E-state index in [1.807, 2.05) is 0 Å². The van der Waals surface area contributed by atoms with Gasteiger partial charge in [-0.15, -0.1) is 0 Å². The van der Waals surface area contributed by atoms with Crippen LogP contribution in [0.5, 0.6) is 0 Å². The number of rotatable bonds is 2. The van der Waals surface area contributed by atoms with E-state index in [1.54, 1.807) is 4.90 Å². The Kier molecular flexibility index (Phi) is 4.55. The molecule has 5 heteroatoms. The van der Waals surface area contributed by atoms with Gasteiger partial charge in [-0.05, 0) is 37.0 Å². The SMILES string of the molecule is CC(Br)C1CCN(C(=O)c2cc(F)ccc2F)CC1. The van der Waals surface area contributed by atoms with E-state index in [0.29, 0.717) is 23.8 Å². The Hall–Kier alpha value is -0.970. The molecule has 0 radical (unpaired) electrons. The fourth-order valence-corrected chi connectivity index (χ4v) is 2.92. The first kappa shape index (κ1) is 14.4. The highest BCUT2D eigenvalue weighted by molar-refractivity contribution is 9.09. The summed E-state index contributed by atoms with van der Waals surface area (Å²) in [5.74, 6) is -1.14. The molecule has 1 heterocycles. The van der Waals surface area contributed by atoms with Gasteiger partial charge in [-0.25, -0.2) is 8.78 Å². The summed E-state index contributed by atoms with van der Waals surface area (Å²) in [4.78, 5) is 14.2. The molecule has 1 atom stereocenters. The van der Waals surface area contributed by atoms with Crippen molar-refractivity contribution < 1.29 is 13.6 Å². The van der Waals surface area contributed by atoms with E-state index < -0.39 is 17.5 Å². The quantitative estimate of drug-likeness (QED) is 0.758. The zero-order chi connectivity index (χ0) is 14.0. The Bertz CT molecular complexity index is 471. The van der Waals surface area contributed by atoms with Crippen LogP contribution in [0.2, 0.25) is 0 Å². The summed E-state index contributed by atoms with van der Waals surface area (Å²) >= 11 is 3.55. The molecule has 104 valence electrons. The summed E-state index contributed by atoms with van der Waals surface area (Å²) < 4.78 is 26.7. The average molecular weight is 332 g/mol. The number of halogens is 3. The normalized spacial score (nSPS) is 18.4. The molecule has 2 rings (SSSR count). The first-order valence-corrected chi connectivity index (χ1v) is 7.29. The van der Waals surface area contributed by atoms with Gasteiger partial charge in [0.05, 0.1) is 5.56 Å². The zero-order valence-corrected chi connectivity index (χ0v) is 12.3. The van der Waals surface area contributed by atoms with E-state index >= 15 is 0 Å². The Morgan fingerprint density at radius 3 is 2.58 bits per heavy atom. The lowest BCUT2D eigenvalue weighted by Crippen LogP contribution is -2.40. The first-order chi connectivity index (χ1) is 8.99. The van der Waals surface area contributed by atoms with Crippen LogP contribution in [0.1, 0.15) is 30.1 Å². The van der Waals surface area contributed by atoms with Crippen LogP contribution >= 0.6 is 15.9 Å². The Morgan fingerprint density at radius 2 is 2.00 bits per heavy atom. The van der Waals surface area contributed by atoms with Gasteiger partial charge in [-0.2, -0.15) is 0 Å². The summed E-state index contributed by atoms with van der Waals surface area (Å²) in [5, 5.41) is 0. The first-order valence-electron chi connectivity index (χ1n) is 6.37. The number of carbonyl (C=O) groups is 1. The van der Waals surface area contributed by atoms with E-state index in [2.05, 4.69) is 22.9 Å². The molecule has 1 saturated heterocycles. The lowest BCUT2D eigenvalue weighted by Gasteiger charge is -2.33. The number of piperidine rings is 1. The molecule has 1 fully saturated rings. The van der Waals surface area contributed by atoms with Crippen LogP contribution in [0, 0.1) is 17.6 Å². The third-order valence-electron chi connectivity index (χ3n) is 3.64. The summed E-state index contributed by atoms with van der Waals surface area (Å²) in [6, 6.07) is 2.98. The second-order valence-corrected chi connectivity index (χ2v) is 6.38. The van der Waals surface area contributed by atoms with E-state index in [-0.39, 0.29) is 5.56 Å². The summed E-state index contributed by atoms with van der Waals surface area (Å²) in [6.07, 6.45) is 1.77.